The number of ketones is 1. The Labute approximate surface area is 106 Å². The van der Waals surface area contributed by atoms with E-state index in [0.717, 1.165) is 18.6 Å². The zero-order chi connectivity index (χ0) is 12.4. The number of Topliss-reactive ketones (excluding diaryl/α,β-unsaturated/α-hetero) is 1. The predicted molar refractivity (Wildman–Crippen MR) is 69.8 cm³/mol. The van der Waals surface area contributed by atoms with Crippen LogP contribution in [0.15, 0.2) is 30.5 Å². The lowest BCUT2D eigenvalue weighted by molar-refractivity contribution is 0.0910. The van der Waals surface area contributed by atoms with Gasteiger partial charge in [0.05, 0.1) is 12.1 Å². The molecule has 2 aromatic rings. The number of likely N-dealkylation sites (tertiary alicyclic amines) is 1. The minimum absolute atomic E-state index is 0.126. The van der Waals surface area contributed by atoms with E-state index in [-0.39, 0.29) is 5.78 Å². The molecule has 2 aromatic heterocycles. The number of hydrogen-bond donors (Lipinski definition) is 0. The van der Waals surface area contributed by atoms with Gasteiger partial charge in [-0.15, -0.1) is 0 Å². The van der Waals surface area contributed by atoms with Crippen molar-refractivity contribution >= 4 is 11.3 Å². The van der Waals surface area contributed by atoms with Crippen LogP contribution in [0.5, 0.6) is 0 Å². The Balaban J connectivity index is 1.74. The highest BCUT2D eigenvalue weighted by Crippen LogP contribution is 2.11. The lowest BCUT2D eigenvalue weighted by atomic mass is 10.1. The quantitative estimate of drug-likeness (QED) is 0.774. The predicted octanol–water partition coefficient (Wildman–Crippen LogP) is 2.00. The van der Waals surface area contributed by atoms with Crippen LogP contribution >= 0.6 is 0 Å². The van der Waals surface area contributed by atoms with Crippen molar-refractivity contribution in [1.82, 2.24) is 14.5 Å². The summed E-state index contributed by atoms with van der Waals surface area (Å²) in [5.74, 6) is 0.126. The summed E-state index contributed by atoms with van der Waals surface area (Å²) in [6.07, 6.45) is 5.57. The van der Waals surface area contributed by atoms with Crippen molar-refractivity contribution in [3.8, 4) is 0 Å². The van der Waals surface area contributed by atoms with E-state index in [1.165, 1.54) is 19.3 Å². The monoisotopic (exact) mass is 243 g/mol. The number of carbonyl (C=O) groups is 1. The first kappa shape index (κ1) is 11.4. The molecule has 0 saturated carbocycles. The summed E-state index contributed by atoms with van der Waals surface area (Å²) in [5, 5.41) is 4.32. The van der Waals surface area contributed by atoms with E-state index in [1.54, 1.807) is 4.52 Å². The van der Waals surface area contributed by atoms with E-state index in [0.29, 0.717) is 12.2 Å². The van der Waals surface area contributed by atoms with Crippen LogP contribution in [0.2, 0.25) is 0 Å². The summed E-state index contributed by atoms with van der Waals surface area (Å²) >= 11 is 0. The zero-order valence-corrected chi connectivity index (χ0v) is 10.4. The number of pyridine rings is 1. The fraction of sp³-hybridized carbons (Fsp3) is 0.429. The van der Waals surface area contributed by atoms with Gasteiger partial charge in [0.15, 0.2) is 5.78 Å². The van der Waals surface area contributed by atoms with Gasteiger partial charge < -0.3 is 0 Å². The molecule has 4 nitrogen and oxygen atoms in total. The summed E-state index contributed by atoms with van der Waals surface area (Å²) < 4.78 is 1.75. The number of piperidine rings is 1. The average Bonchev–Trinajstić information content (AvgIpc) is 2.84. The lowest BCUT2D eigenvalue weighted by Crippen LogP contribution is -2.34. The van der Waals surface area contributed by atoms with Gasteiger partial charge >= 0.3 is 0 Å². The molecule has 0 aliphatic carbocycles. The maximum atomic E-state index is 12.2. The van der Waals surface area contributed by atoms with E-state index in [1.807, 2.05) is 30.5 Å². The van der Waals surface area contributed by atoms with Gasteiger partial charge in [-0.2, -0.15) is 5.10 Å². The van der Waals surface area contributed by atoms with Crippen LogP contribution in [-0.2, 0) is 0 Å². The van der Waals surface area contributed by atoms with Crippen LogP contribution in [0.1, 0.15) is 29.8 Å². The molecule has 94 valence electrons. The number of fused-ring (bicyclic) bond motifs is 1. The molecule has 0 amide bonds. The highest BCUT2D eigenvalue weighted by Gasteiger charge is 2.17. The fourth-order valence-electron chi connectivity index (χ4n) is 2.48. The number of nitrogens with zero attached hydrogens (tertiary/aromatic N) is 3. The van der Waals surface area contributed by atoms with Crippen molar-refractivity contribution in [3.05, 3.63) is 36.2 Å². The Bertz CT molecular complexity index is 522. The molecule has 1 aliphatic rings. The van der Waals surface area contributed by atoms with Crippen molar-refractivity contribution in [3.63, 3.8) is 0 Å². The van der Waals surface area contributed by atoms with Crippen molar-refractivity contribution in [1.29, 1.82) is 0 Å². The summed E-state index contributed by atoms with van der Waals surface area (Å²) in [6.45, 7) is 2.59. The highest BCUT2D eigenvalue weighted by atomic mass is 16.1. The molecule has 0 radical (unpaired) electrons. The second-order valence-corrected chi connectivity index (χ2v) is 4.86. The van der Waals surface area contributed by atoms with Gasteiger partial charge in [0.25, 0.3) is 0 Å². The van der Waals surface area contributed by atoms with E-state index in [9.17, 15) is 4.79 Å². The van der Waals surface area contributed by atoms with Crippen molar-refractivity contribution in [2.75, 3.05) is 19.6 Å². The lowest BCUT2D eigenvalue weighted by Gasteiger charge is -2.25. The normalized spacial score (nSPS) is 17.1. The molecule has 18 heavy (non-hydrogen) atoms. The summed E-state index contributed by atoms with van der Waals surface area (Å²) in [4.78, 5) is 14.4. The van der Waals surface area contributed by atoms with Gasteiger partial charge in [0, 0.05) is 6.20 Å². The zero-order valence-electron chi connectivity index (χ0n) is 10.4. The molecular formula is C14H17N3O. The molecule has 3 rings (SSSR count). The molecular weight excluding hydrogens is 226 g/mol. The maximum absolute atomic E-state index is 12.2. The van der Waals surface area contributed by atoms with Gasteiger partial charge in [-0.3, -0.25) is 9.69 Å². The van der Waals surface area contributed by atoms with Crippen molar-refractivity contribution < 1.29 is 4.79 Å². The number of aromatic nitrogens is 2. The average molecular weight is 243 g/mol. The third-order valence-corrected chi connectivity index (χ3v) is 3.47. The SMILES string of the molecule is O=C(CN1CCCCC1)c1cc2ccccn2n1. The molecule has 1 fully saturated rings. The Hall–Kier alpha value is -1.68. The third kappa shape index (κ3) is 2.29. The maximum Gasteiger partial charge on any atom is 0.197 e. The molecule has 4 heteroatoms. The van der Waals surface area contributed by atoms with Crippen LogP contribution in [0.3, 0.4) is 0 Å². The van der Waals surface area contributed by atoms with Crippen LogP contribution in [0.4, 0.5) is 0 Å². The van der Waals surface area contributed by atoms with Crippen LogP contribution < -0.4 is 0 Å². The number of rotatable bonds is 3. The molecule has 1 aliphatic heterocycles. The van der Waals surface area contributed by atoms with E-state index in [4.69, 9.17) is 0 Å². The summed E-state index contributed by atoms with van der Waals surface area (Å²) in [7, 11) is 0. The topological polar surface area (TPSA) is 37.6 Å². The number of hydrogen-bond acceptors (Lipinski definition) is 3. The Morgan fingerprint density at radius 3 is 2.83 bits per heavy atom. The van der Waals surface area contributed by atoms with E-state index < -0.39 is 0 Å². The van der Waals surface area contributed by atoms with Crippen molar-refractivity contribution in [2.45, 2.75) is 19.3 Å². The van der Waals surface area contributed by atoms with Gasteiger partial charge in [-0.1, -0.05) is 12.5 Å². The number of carbonyl (C=O) groups excluding carboxylic acids is 1. The minimum atomic E-state index is 0.126. The molecule has 0 spiro atoms. The summed E-state index contributed by atoms with van der Waals surface area (Å²) in [5.41, 5.74) is 1.55. The van der Waals surface area contributed by atoms with E-state index >= 15 is 0 Å². The highest BCUT2D eigenvalue weighted by molar-refractivity contribution is 5.96. The second kappa shape index (κ2) is 4.90. The van der Waals surface area contributed by atoms with Crippen LogP contribution in [0, 0.1) is 0 Å². The Kier molecular flexibility index (Phi) is 3.11. The standard InChI is InChI=1S/C14H17N3O/c18-14(11-16-7-3-1-4-8-16)13-10-12-6-2-5-9-17(12)15-13/h2,5-6,9-10H,1,3-4,7-8,11H2. The molecule has 0 N–H and O–H groups in total. The molecule has 0 bridgehead atoms. The first-order chi connectivity index (χ1) is 8.83. The molecule has 0 aromatic carbocycles. The van der Waals surface area contributed by atoms with Gasteiger partial charge in [-0.25, -0.2) is 4.52 Å². The summed E-state index contributed by atoms with van der Waals surface area (Å²) in [6, 6.07) is 7.70. The largest absolute Gasteiger partial charge is 0.296 e. The first-order valence-corrected chi connectivity index (χ1v) is 6.53. The molecule has 1 saturated heterocycles. The Morgan fingerprint density at radius 2 is 2.06 bits per heavy atom. The van der Waals surface area contributed by atoms with Crippen molar-refractivity contribution in [2.24, 2.45) is 0 Å². The van der Waals surface area contributed by atoms with E-state index in [2.05, 4.69) is 10.00 Å². The van der Waals surface area contributed by atoms with Gasteiger partial charge in [0.2, 0.25) is 0 Å². The second-order valence-electron chi connectivity index (χ2n) is 4.86. The Morgan fingerprint density at radius 1 is 1.22 bits per heavy atom. The first-order valence-electron chi connectivity index (χ1n) is 6.53. The minimum Gasteiger partial charge on any atom is -0.296 e. The fourth-order valence-corrected chi connectivity index (χ4v) is 2.48. The molecule has 0 unspecified atom stereocenters. The molecule has 3 heterocycles. The van der Waals surface area contributed by atoms with Crippen LogP contribution in [0.25, 0.3) is 5.52 Å². The molecule has 0 atom stereocenters. The smallest absolute Gasteiger partial charge is 0.197 e. The van der Waals surface area contributed by atoms with Crippen LogP contribution in [-0.4, -0.2) is 39.9 Å². The third-order valence-electron chi connectivity index (χ3n) is 3.47. The van der Waals surface area contributed by atoms with Gasteiger partial charge in [-0.05, 0) is 44.1 Å². The van der Waals surface area contributed by atoms with Gasteiger partial charge in [0.1, 0.15) is 5.69 Å².